The van der Waals surface area contributed by atoms with E-state index in [4.69, 9.17) is 19.6 Å². The van der Waals surface area contributed by atoms with E-state index in [9.17, 15) is 19.3 Å². The quantitative estimate of drug-likeness (QED) is 0.0856. The third-order valence-corrected chi connectivity index (χ3v) is 7.87. The topological polar surface area (TPSA) is 165 Å². The van der Waals surface area contributed by atoms with E-state index in [0.717, 1.165) is 33.4 Å². The largest absolute Gasteiger partial charge is 0.504 e. The number of phosphoric acid groups is 2. The van der Waals surface area contributed by atoms with Crippen LogP contribution in [0.3, 0.4) is 0 Å². The summed E-state index contributed by atoms with van der Waals surface area (Å²) in [7, 11) is -10.1. The lowest BCUT2D eigenvalue weighted by atomic mass is 9.82. The third kappa shape index (κ3) is 8.03. The van der Waals surface area contributed by atoms with Crippen molar-refractivity contribution in [2.75, 3.05) is 0 Å². The summed E-state index contributed by atoms with van der Waals surface area (Å²) in [6.45, 7) is 0. The Morgan fingerprint density at radius 2 is 0.833 bits per heavy atom. The zero-order valence-electron chi connectivity index (χ0n) is 22.1. The van der Waals surface area contributed by atoms with Crippen LogP contribution < -0.4 is 0 Å². The van der Waals surface area contributed by atoms with Gasteiger partial charge in [0, 0.05) is 23.1 Å². The van der Waals surface area contributed by atoms with E-state index in [2.05, 4.69) is 28.6 Å². The Hall–Kier alpha value is -4.04. The van der Waals surface area contributed by atoms with Crippen molar-refractivity contribution < 1.29 is 43.2 Å². The standard InChI is InChI=1S/C31H24O2.H4O7P2/c32-30-26(21-22-13-5-1-6-14-22)27(23-15-7-2-8-16-23)28(24-17-9-3-10-18-24)29(31(30)33)25-19-11-4-12-20-25;1-8(2,3)7-9(4,5)6/h1-20,32-33H,21H2;(H2,1,2,3)(H2,4,5,6). The normalized spacial score (nSPS) is 11.4. The van der Waals surface area contributed by atoms with E-state index < -0.39 is 15.6 Å². The molecule has 0 aliphatic carbocycles. The molecule has 0 aliphatic heterocycles. The Morgan fingerprint density at radius 3 is 1.21 bits per heavy atom. The Morgan fingerprint density at radius 1 is 0.476 bits per heavy atom. The molecule has 6 N–H and O–H groups in total. The van der Waals surface area contributed by atoms with Crippen molar-refractivity contribution in [2.45, 2.75) is 6.42 Å². The highest BCUT2D eigenvalue weighted by Gasteiger charge is 2.28. The van der Waals surface area contributed by atoms with Crippen LogP contribution in [0.2, 0.25) is 0 Å². The predicted octanol–water partition coefficient (Wildman–Crippen LogP) is 6.88. The van der Waals surface area contributed by atoms with Gasteiger partial charge in [0.05, 0.1) is 0 Å². The molecule has 216 valence electrons. The lowest BCUT2D eigenvalue weighted by molar-refractivity contribution is 0.225. The fourth-order valence-corrected chi connectivity index (χ4v) is 5.70. The molecule has 42 heavy (non-hydrogen) atoms. The first-order valence-electron chi connectivity index (χ1n) is 12.6. The predicted molar refractivity (Wildman–Crippen MR) is 161 cm³/mol. The van der Waals surface area contributed by atoms with Gasteiger partial charge in [-0.2, -0.15) is 4.31 Å². The lowest BCUT2D eigenvalue weighted by Crippen LogP contribution is -2.00. The van der Waals surface area contributed by atoms with Crippen molar-refractivity contribution in [2.24, 2.45) is 0 Å². The van der Waals surface area contributed by atoms with Gasteiger partial charge < -0.3 is 29.8 Å². The second kappa shape index (κ2) is 13.3. The van der Waals surface area contributed by atoms with Crippen LogP contribution >= 0.6 is 15.6 Å². The van der Waals surface area contributed by atoms with E-state index in [1.165, 1.54) is 0 Å². The van der Waals surface area contributed by atoms with Gasteiger partial charge in [0.25, 0.3) is 0 Å². The van der Waals surface area contributed by atoms with Gasteiger partial charge in [-0.05, 0) is 27.8 Å². The fourth-order valence-electron chi connectivity index (χ4n) is 4.59. The van der Waals surface area contributed by atoms with Gasteiger partial charge in [0.15, 0.2) is 11.5 Å². The minimum Gasteiger partial charge on any atom is -0.504 e. The molecule has 0 bridgehead atoms. The molecule has 0 radical (unpaired) electrons. The van der Waals surface area contributed by atoms with E-state index in [0.29, 0.717) is 17.5 Å². The molecule has 0 fully saturated rings. The summed E-state index contributed by atoms with van der Waals surface area (Å²) >= 11 is 0. The van der Waals surface area contributed by atoms with Crippen molar-refractivity contribution in [3.8, 4) is 44.9 Å². The first-order chi connectivity index (χ1) is 19.9. The van der Waals surface area contributed by atoms with Gasteiger partial charge in [0.1, 0.15) is 0 Å². The van der Waals surface area contributed by atoms with E-state index in [-0.39, 0.29) is 11.5 Å². The summed E-state index contributed by atoms with van der Waals surface area (Å²) in [6.07, 6.45) is 0.499. The minimum atomic E-state index is -5.05. The van der Waals surface area contributed by atoms with E-state index >= 15 is 0 Å². The molecule has 0 aromatic heterocycles. The maximum atomic E-state index is 11.4. The maximum Gasteiger partial charge on any atom is 0.478 e. The Balaban J connectivity index is 0.000000392. The summed E-state index contributed by atoms with van der Waals surface area (Å²) < 4.78 is 22.2. The maximum absolute atomic E-state index is 11.4. The van der Waals surface area contributed by atoms with Crippen LogP contribution in [0.25, 0.3) is 33.4 Å². The summed E-state index contributed by atoms with van der Waals surface area (Å²) in [5.41, 5.74) is 7.09. The Bertz CT molecular complexity index is 1700. The molecule has 5 aromatic rings. The summed E-state index contributed by atoms with van der Waals surface area (Å²) in [5.74, 6) is -0.165. The molecule has 0 atom stereocenters. The minimum absolute atomic E-state index is 0.0729. The van der Waals surface area contributed by atoms with Crippen LogP contribution in [0.15, 0.2) is 121 Å². The lowest BCUT2D eigenvalue weighted by Gasteiger charge is -2.23. The molecule has 5 rings (SSSR count). The van der Waals surface area contributed by atoms with Crippen LogP contribution in [0.1, 0.15) is 11.1 Å². The van der Waals surface area contributed by atoms with Gasteiger partial charge >= 0.3 is 15.6 Å². The van der Waals surface area contributed by atoms with Gasteiger partial charge in [0.2, 0.25) is 0 Å². The number of rotatable bonds is 7. The zero-order chi connectivity index (χ0) is 30.3. The molecule has 11 heteroatoms. The summed E-state index contributed by atoms with van der Waals surface area (Å²) in [5, 5.41) is 22.7. The number of hydrogen-bond acceptors (Lipinski definition) is 5. The fraction of sp³-hybridized carbons (Fsp3) is 0.0323. The van der Waals surface area contributed by atoms with Crippen molar-refractivity contribution >= 4 is 15.6 Å². The molecule has 0 unspecified atom stereocenters. The number of phenols is 2. The number of hydrogen-bond donors (Lipinski definition) is 6. The highest BCUT2D eigenvalue weighted by Crippen LogP contribution is 2.54. The zero-order valence-corrected chi connectivity index (χ0v) is 23.8. The monoisotopic (exact) mass is 606 g/mol. The molecular weight excluding hydrogens is 578 g/mol. The molecule has 0 heterocycles. The smallest absolute Gasteiger partial charge is 0.478 e. The molecular formula is C31H28O9P2. The summed E-state index contributed by atoms with van der Waals surface area (Å²) in [6, 6.07) is 40.0. The van der Waals surface area contributed by atoms with Crippen molar-refractivity contribution in [3.63, 3.8) is 0 Å². The van der Waals surface area contributed by atoms with Crippen LogP contribution in [-0.4, -0.2) is 29.8 Å². The van der Waals surface area contributed by atoms with Gasteiger partial charge in [-0.3, -0.25) is 0 Å². The number of aromatic hydroxyl groups is 2. The molecule has 9 nitrogen and oxygen atoms in total. The third-order valence-electron chi connectivity index (χ3n) is 6.17. The van der Waals surface area contributed by atoms with Gasteiger partial charge in [-0.15, -0.1) is 0 Å². The molecule has 0 saturated carbocycles. The highest BCUT2D eigenvalue weighted by molar-refractivity contribution is 7.60. The highest BCUT2D eigenvalue weighted by atomic mass is 31.3. The van der Waals surface area contributed by atoms with Gasteiger partial charge in [-0.1, -0.05) is 121 Å². The van der Waals surface area contributed by atoms with Gasteiger partial charge in [-0.25, -0.2) is 9.13 Å². The SMILES string of the molecule is O=P(O)(O)OP(=O)(O)O.Oc1c(O)c(-c2ccccc2)c(-c2ccccc2)c(-c2ccccc2)c1Cc1ccccc1. The van der Waals surface area contributed by atoms with E-state index in [1.807, 2.05) is 97.1 Å². The molecule has 0 amide bonds. The number of phenolic OH excluding ortho intramolecular Hbond substituents is 2. The van der Waals surface area contributed by atoms with Crippen LogP contribution in [-0.2, 0) is 19.9 Å². The van der Waals surface area contributed by atoms with Crippen LogP contribution in [0.5, 0.6) is 11.5 Å². The molecule has 5 aromatic carbocycles. The van der Waals surface area contributed by atoms with Crippen molar-refractivity contribution in [1.82, 2.24) is 0 Å². The Labute approximate surface area is 242 Å². The average Bonchev–Trinajstić information content (AvgIpc) is 2.96. The van der Waals surface area contributed by atoms with Crippen LogP contribution in [0.4, 0.5) is 0 Å². The first kappa shape index (κ1) is 30.9. The van der Waals surface area contributed by atoms with E-state index in [1.54, 1.807) is 0 Å². The number of benzene rings is 5. The van der Waals surface area contributed by atoms with Crippen molar-refractivity contribution in [3.05, 3.63) is 132 Å². The second-order valence-electron chi connectivity index (χ2n) is 9.12. The molecule has 0 aliphatic rings. The Kier molecular flexibility index (Phi) is 9.78. The summed E-state index contributed by atoms with van der Waals surface area (Å²) in [4.78, 5) is 31.0. The van der Waals surface area contributed by atoms with Crippen LogP contribution in [0, 0.1) is 0 Å². The average molecular weight is 607 g/mol. The first-order valence-corrected chi connectivity index (χ1v) is 15.6. The molecule has 0 saturated heterocycles. The molecule has 0 spiro atoms. The van der Waals surface area contributed by atoms with Crippen molar-refractivity contribution in [1.29, 1.82) is 0 Å². The second-order valence-corrected chi connectivity index (χ2v) is 11.7.